The highest BCUT2D eigenvalue weighted by Gasteiger charge is 2.26. The summed E-state index contributed by atoms with van der Waals surface area (Å²) in [6.07, 6.45) is 0.920. The van der Waals surface area contributed by atoms with Crippen LogP contribution >= 0.6 is 0 Å². The van der Waals surface area contributed by atoms with Crippen molar-refractivity contribution in [1.82, 2.24) is 9.55 Å². The number of hydrogen-bond acceptors (Lipinski definition) is 4. The first kappa shape index (κ1) is 11.8. The van der Waals surface area contributed by atoms with Gasteiger partial charge in [-0.05, 0) is 4.92 Å². The minimum absolute atomic E-state index is 0.161. The second-order valence-electron chi connectivity index (χ2n) is 3.31. The van der Waals surface area contributed by atoms with Crippen molar-refractivity contribution in [1.29, 1.82) is 0 Å². The van der Waals surface area contributed by atoms with Crippen LogP contribution in [0.25, 0.3) is 0 Å². The van der Waals surface area contributed by atoms with E-state index in [0.717, 1.165) is 6.20 Å². The van der Waals surface area contributed by atoms with Crippen molar-refractivity contribution in [3.63, 3.8) is 0 Å². The van der Waals surface area contributed by atoms with Crippen LogP contribution in [0.4, 0.5) is 5.82 Å². The third-order valence-corrected chi connectivity index (χ3v) is 2.01. The summed E-state index contributed by atoms with van der Waals surface area (Å²) in [7, 11) is 10.6. The SMILES string of the molecule is [B]CC([B])(O)Cn1c([N+](=O)[O-])cnc1C. The molecule has 8 heteroatoms. The van der Waals surface area contributed by atoms with Crippen molar-refractivity contribution in [3.8, 4) is 0 Å². The molecule has 0 aliphatic heterocycles. The van der Waals surface area contributed by atoms with Crippen LogP contribution in [0.15, 0.2) is 6.20 Å². The van der Waals surface area contributed by atoms with E-state index in [9.17, 15) is 15.2 Å². The molecule has 0 amide bonds. The first-order chi connectivity index (χ1) is 6.87. The van der Waals surface area contributed by atoms with Gasteiger partial charge in [-0.2, -0.15) is 0 Å². The van der Waals surface area contributed by atoms with E-state index in [1.54, 1.807) is 6.92 Å². The zero-order valence-electron chi connectivity index (χ0n) is 8.25. The van der Waals surface area contributed by atoms with E-state index in [1.807, 2.05) is 0 Å². The maximum Gasteiger partial charge on any atom is 0.342 e. The fourth-order valence-corrected chi connectivity index (χ4v) is 1.14. The predicted octanol–water partition coefficient (Wildman–Crippen LogP) is -0.456. The van der Waals surface area contributed by atoms with Crippen LogP contribution in [0.1, 0.15) is 5.82 Å². The van der Waals surface area contributed by atoms with Gasteiger partial charge in [0.05, 0.1) is 13.3 Å². The quantitative estimate of drug-likeness (QED) is 0.409. The van der Waals surface area contributed by atoms with Gasteiger partial charge in [0, 0.05) is 6.92 Å². The van der Waals surface area contributed by atoms with Crippen molar-refractivity contribution >= 4 is 21.5 Å². The average Bonchev–Trinajstić information content (AvgIpc) is 2.48. The molecule has 0 spiro atoms. The van der Waals surface area contributed by atoms with Gasteiger partial charge in [-0.3, -0.25) is 0 Å². The van der Waals surface area contributed by atoms with Gasteiger partial charge in [0.1, 0.15) is 20.6 Å². The summed E-state index contributed by atoms with van der Waals surface area (Å²) >= 11 is 0. The van der Waals surface area contributed by atoms with Gasteiger partial charge in [0.15, 0.2) is 5.82 Å². The Labute approximate surface area is 89.3 Å². The second-order valence-corrected chi connectivity index (χ2v) is 3.31. The summed E-state index contributed by atoms with van der Waals surface area (Å²) in [5.74, 6) is 0.184. The van der Waals surface area contributed by atoms with Crippen molar-refractivity contribution in [2.24, 2.45) is 0 Å². The van der Waals surface area contributed by atoms with Gasteiger partial charge in [-0.15, -0.1) is 0 Å². The molecule has 1 heterocycles. The molecule has 0 aliphatic rings. The number of imidazole rings is 1. The molecule has 1 unspecified atom stereocenters. The minimum atomic E-state index is -1.67. The Hall–Kier alpha value is -1.30. The van der Waals surface area contributed by atoms with E-state index in [1.165, 1.54) is 4.57 Å². The fraction of sp³-hybridized carbons (Fsp3) is 0.571. The first-order valence-corrected chi connectivity index (χ1v) is 4.25. The summed E-state index contributed by atoms with van der Waals surface area (Å²) in [6.45, 7) is 1.42. The molecule has 0 bridgehead atoms. The van der Waals surface area contributed by atoms with Gasteiger partial charge in [0.2, 0.25) is 0 Å². The third-order valence-electron chi connectivity index (χ3n) is 2.01. The maximum atomic E-state index is 10.6. The van der Waals surface area contributed by atoms with Crippen molar-refractivity contribution in [3.05, 3.63) is 22.1 Å². The number of rotatable bonds is 4. The number of nitrogens with zero attached hydrogens (tertiary/aromatic N) is 3. The molecule has 15 heavy (non-hydrogen) atoms. The molecule has 0 saturated carbocycles. The minimum Gasteiger partial charge on any atom is -0.397 e. The summed E-state index contributed by atoms with van der Waals surface area (Å²) in [6, 6.07) is 0. The van der Waals surface area contributed by atoms with E-state index in [4.69, 9.17) is 15.7 Å². The zero-order valence-corrected chi connectivity index (χ0v) is 8.25. The Bertz CT molecular complexity index is 378. The molecular weight excluding hydrogens is 196 g/mol. The Morgan fingerprint density at radius 3 is 2.87 bits per heavy atom. The molecule has 76 valence electrons. The van der Waals surface area contributed by atoms with Crippen LogP contribution in [0.5, 0.6) is 0 Å². The van der Waals surface area contributed by atoms with E-state index in [2.05, 4.69) is 4.98 Å². The zero-order chi connectivity index (χ0) is 11.6. The number of aryl methyl sites for hydroxylation is 1. The summed E-state index contributed by atoms with van der Waals surface area (Å²) in [4.78, 5) is 13.8. The molecule has 1 aromatic heterocycles. The standard InChI is InChI=1S/C7H9B2N3O3/c1-5-10-2-6(12(14)15)11(5)4-7(9,13)3-8/h2,13H,3-4H2,1H3. The summed E-state index contributed by atoms with van der Waals surface area (Å²) in [5.41, 5.74) is -1.67. The van der Waals surface area contributed by atoms with Crippen LogP contribution in [0.3, 0.4) is 0 Å². The van der Waals surface area contributed by atoms with Gasteiger partial charge in [-0.1, -0.05) is 6.32 Å². The molecule has 0 aliphatic carbocycles. The van der Waals surface area contributed by atoms with Gasteiger partial charge < -0.3 is 15.2 Å². The molecule has 0 aromatic carbocycles. The smallest absolute Gasteiger partial charge is 0.342 e. The second kappa shape index (κ2) is 4.06. The van der Waals surface area contributed by atoms with Crippen LogP contribution in [0, 0.1) is 17.0 Å². The van der Waals surface area contributed by atoms with Crippen LogP contribution in [0.2, 0.25) is 6.32 Å². The fourth-order valence-electron chi connectivity index (χ4n) is 1.14. The third kappa shape index (κ3) is 2.59. The van der Waals surface area contributed by atoms with E-state index in [0.29, 0.717) is 5.82 Å². The lowest BCUT2D eigenvalue weighted by Crippen LogP contribution is -2.34. The summed E-state index contributed by atoms with van der Waals surface area (Å²) in [5, 5.41) is 20.1. The van der Waals surface area contributed by atoms with Crippen molar-refractivity contribution in [2.75, 3.05) is 0 Å². The van der Waals surface area contributed by atoms with Crippen molar-refractivity contribution < 1.29 is 10.0 Å². The predicted molar refractivity (Wildman–Crippen MR) is 54.9 cm³/mol. The van der Waals surface area contributed by atoms with E-state index in [-0.39, 0.29) is 18.7 Å². The molecule has 6 nitrogen and oxygen atoms in total. The molecule has 0 saturated heterocycles. The number of hydrogen-bond donors (Lipinski definition) is 1. The molecule has 1 atom stereocenters. The Morgan fingerprint density at radius 2 is 2.40 bits per heavy atom. The van der Waals surface area contributed by atoms with Gasteiger partial charge in [0.25, 0.3) is 0 Å². The van der Waals surface area contributed by atoms with Gasteiger partial charge in [-0.25, -0.2) is 9.55 Å². The van der Waals surface area contributed by atoms with Crippen molar-refractivity contribution in [2.45, 2.75) is 25.3 Å². The lowest BCUT2D eigenvalue weighted by atomic mass is 9.72. The molecule has 1 aromatic rings. The highest BCUT2D eigenvalue weighted by atomic mass is 16.6. The molecular formula is C7H9B2N3O3. The monoisotopic (exact) mass is 205 g/mol. The molecule has 4 radical (unpaired) electrons. The lowest BCUT2D eigenvalue weighted by molar-refractivity contribution is -0.392. The number of aliphatic hydroxyl groups is 1. The highest BCUT2D eigenvalue weighted by molar-refractivity contribution is 6.21. The molecule has 1 N–H and O–H groups in total. The Balaban J connectivity index is 3.03. The molecule has 0 fully saturated rings. The van der Waals surface area contributed by atoms with Crippen LogP contribution in [-0.4, -0.2) is 40.8 Å². The van der Waals surface area contributed by atoms with Gasteiger partial charge >= 0.3 is 5.82 Å². The highest BCUT2D eigenvalue weighted by Crippen LogP contribution is 2.17. The van der Waals surface area contributed by atoms with Crippen LogP contribution in [-0.2, 0) is 6.54 Å². The van der Waals surface area contributed by atoms with E-state index < -0.39 is 10.4 Å². The van der Waals surface area contributed by atoms with Crippen LogP contribution < -0.4 is 0 Å². The normalized spacial score (nSPS) is 14.8. The summed E-state index contributed by atoms with van der Waals surface area (Å²) < 4.78 is 1.22. The van der Waals surface area contributed by atoms with E-state index >= 15 is 0 Å². The largest absolute Gasteiger partial charge is 0.397 e. The lowest BCUT2D eigenvalue weighted by Gasteiger charge is -2.20. The Kier molecular flexibility index (Phi) is 3.18. The number of nitro groups is 1. The first-order valence-electron chi connectivity index (χ1n) is 4.25. The average molecular weight is 205 g/mol. The topological polar surface area (TPSA) is 81.2 Å². The molecule has 1 rings (SSSR count). The Morgan fingerprint density at radius 1 is 1.80 bits per heavy atom. The maximum absolute atomic E-state index is 10.6. The number of aromatic nitrogens is 2.